The Morgan fingerprint density at radius 3 is 2.53 bits per heavy atom. The Balaban J connectivity index is 2.08. The molecule has 3 nitrogen and oxygen atoms in total. The van der Waals surface area contributed by atoms with Crippen LogP contribution in [0.4, 0.5) is 5.69 Å². The van der Waals surface area contributed by atoms with Crippen LogP contribution >= 0.6 is 15.9 Å². The number of nitrogens with one attached hydrogen (secondary N) is 1. The predicted molar refractivity (Wildman–Crippen MR) is 79.5 cm³/mol. The van der Waals surface area contributed by atoms with Gasteiger partial charge in [0.2, 0.25) is 0 Å². The zero-order chi connectivity index (χ0) is 13.8. The molecule has 0 radical (unpaired) electrons. The molecule has 0 bridgehead atoms. The van der Waals surface area contributed by atoms with Gasteiger partial charge in [-0.15, -0.1) is 0 Å². The van der Waals surface area contributed by atoms with Gasteiger partial charge in [-0.05, 0) is 52.0 Å². The van der Waals surface area contributed by atoms with E-state index in [0.29, 0.717) is 16.2 Å². The number of furan rings is 1. The molecule has 4 heteroatoms. The first-order valence-corrected chi connectivity index (χ1v) is 7.05. The van der Waals surface area contributed by atoms with Crippen molar-refractivity contribution in [3.63, 3.8) is 0 Å². The van der Waals surface area contributed by atoms with Gasteiger partial charge in [0.15, 0.2) is 4.67 Å². The monoisotopic (exact) mass is 321 g/mol. The van der Waals surface area contributed by atoms with Crippen LogP contribution in [-0.2, 0) is 0 Å². The van der Waals surface area contributed by atoms with E-state index < -0.39 is 0 Å². The fourth-order valence-corrected chi connectivity index (χ4v) is 2.21. The number of amides is 1. The van der Waals surface area contributed by atoms with E-state index in [1.54, 1.807) is 6.07 Å². The van der Waals surface area contributed by atoms with Gasteiger partial charge >= 0.3 is 0 Å². The van der Waals surface area contributed by atoms with Gasteiger partial charge in [-0.2, -0.15) is 0 Å². The zero-order valence-corrected chi connectivity index (χ0v) is 12.5. The van der Waals surface area contributed by atoms with Crippen LogP contribution in [-0.4, -0.2) is 5.91 Å². The summed E-state index contributed by atoms with van der Waals surface area (Å²) in [6.45, 7) is 4.35. The molecule has 1 heterocycles. The number of hydrogen-bond donors (Lipinski definition) is 1. The minimum atomic E-state index is -0.183. The first-order valence-electron chi connectivity index (χ1n) is 6.26. The van der Waals surface area contributed by atoms with Gasteiger partial charge in [0, 0.05) is 5.69 Å². The zero-order valence-electron chi connectivity index (χ0n) is 10.9. The molecular weight excluding hydrogens is 306 g/mol. The van der Waals surface area contributed by atoms with Gasteiger partial charge in [-0.25, -0.2) is 0 Å². The number of benzene rings is 1. The Labute approximate surface area is 121 Å². The van der Waals surface area contributed by atoms with Gasteiger partial charge in [-0.3, -0.25) is 4.79 Å². The smallest absolute Gasteiger partial charge is 0.260 e. The topological polar surface area (TPSA) is 42.2 Å². The van der Waals surface area contributed by atoms with Crippen molar-refractivity contribution < 1.29 is 9.21 Å². The fourth-order valence-electron chi connectivity index (χ4n) is 1.78. The largest absolute Gasteiger partial charge is 0.457 e. The molecule has 0 aliphatic carbocycles. The second-order valence-electron chi connectivity index (χ2n) is 4.49. The van der Waals surface area contributed by atoms with E-state index in [0.717, 1.165) is 12.1 Å². The van der Waals surface area contributed by atoms with E-state index in [2.05, 4.69) is 35.1 Å². The maximum atomic E-state index is 12.0. The minimum Gasteiger partial charge on any atom is -0.457 e. The lowest BCUT2D eigenvalue weighted by atomic mass is 9.99. The Kier molecular flexibility index (Phi) is 4.43. The highest BCUT2D eigenvalue weighted by atomic mass is 79.9. The van der Waals surface area contributed by atoms with E-state index >= 15 is 0 Å². The molecule has 100 valence electrons. The molecule has 0 saturated heterocycles. The molecule has 1 unspecified atom stereocenters. The molecule has 0 saturated carbocycles. The number of halogens is 1. The van der Waals surface area contributed by atoms with Gasteiger partial charge in [0.25, 0.3) is 5.91 Å². The first-order chi connectivity index (χ1) is 9.11. The standard InChI is InChI=1S/C15H16BrNO2/c1-3-10(2)11-4-6-12(7-5-11)17-15(18)13-8-9-19-14(13)16/h4-10H,3H2,1-2H3,(H,17,18). The predicted octanol–water partition coefficient (Wildman–Crippen LogP) is 4.81. The fraction of sp³-hybridized carbons (Fsp3) is 0.267. The first kappa shape index (κ1) is 13.9. The van der Waals surface area contributed by atoms with E-state index in [9.17, 15) is 4.79 Å². The van der Waals surface area contributed by atoms with Crippen LogP contribution in [0.3, 0.4) is 0 Å². The summed E-state index contributed by atoms with van der Waals surface area (Å²) < 4.78 is 5.49. The molecule has 0 aliphatic heterocycles. The van der Waals surface area contributed by atoms with Crippen LogP contribution < -0.4 is 5.32 Å². The molecule has 0 spiro atoms. The van der Waals surface area contributed by atoms with Crippen molar-refractivity contribution in [2.45, 2.75) is 26.2 Å². The average Bonchev–Trinajstić information content (AvgIpc) is 2.85. The van der Waals surface area contributed by atoms with E-state index in [1.807, 2.05) is 24.3 Å². The van der Waals surface area contributed by atoms with Crippen LogP contribution in [0.15, 0.2) is 45.7 Å². The van der Waals surface area contributed by atoms with Crippen LogP contribution in [0.1, 0.15) is 42.1 Å². The number of rotatable bonds is 4. The molecule has 0 aliphatic rings. The van der Waals surface area contributed by atoms with Crippen molar-refractivity contribution in [2.24, 2.45) is 0 Å². The van der Waals surface area contributed by atoms with Gasteiger partial charge in [0.05, 0.1) is 11.8 Å². The lowest BCUT2D eigenvalue weighted by Crippen LogP contribution is -2.11. The normalized spacial score (nSPS) is 12.2. The van der Waals surface area contributed by atoms with Crippen LogP contribution in [0.25, 0.3) is 0 Å². The summed E-state index contributed by atoms with van der Waals surface area (Å²) in [5.41, 5.74) is 2.56. The Morgan fingerprint density at radius 1 is 1.32 bits per heavy atom. The van der Waals surface area contributed by atoms with Gasteiger partial charge < -0.3 is 9.73 Å². The summed E-state index contributed by atoms with van der Waals surface area (Å²) in [4.78, 5) is 12.0. The van der Waals surface area contributed by atoms with Crippen molar-refractivity contribution >= 4 is 27.5 Å². The number of hydrogen-bond acceptors (Lipinski definition) is 2. The summed E-state index contributed by atoms with van der Waals surface area (Å²) in [6.07, 6.45) is 2.58. The van der Waals surface area contributed by atoms with E-state index in [4.69, 9.17) is 4.42 Å². The third kappa shape index (κ3) is 3.26. The highest BCUT2D eigenvalue weighted by Gasteiger charge is 2.12. The van der Waals surface area contributed by atoms with Crippen LogP contribution in [0.2, 0.25) is 0 Å². The molecule has 2 rings (SSSR count). The molecule has 0 fully saturated rings. The van der Waals surface area contributed by atoms with Crippen LogP contribution in [0, 0.1) is 0 Å². The molecule has 1 N–H and O–H groups in total. The van der Waals surface area contributed by atoms with E-state index in [-0.39, 0.29) is 5.91 Å². The number of carbonyl (C=O) groups excluding carboxylic acids is 1. The highest BCUT2D eigenvalue weighted by molar-refractivity contribution is 9.10. The second-order valence-corrected chi connectivity index (χ2v) is 5.21. The van der Waals surface area contributed by atoms with Crippen molar-refractivity contribution in [1.82, 2.24) is 0 Å². The summed E-state index contributed by atoms with van der Waals surface area (Å²) in [5, 5.41) is 2.84. The summed E-state index contributed by atoms with van der Waals surface area (Å²) in [7, 11) is 0. The molecule has 1 atom stereocenters. The van der Waals surface area contributed by atoms with Gasteiger partial charge in [-0.1, -0.05) is 26.0 Å². The van der Waals surface area contributed by atoms with Crippen molar-refractivity contribution in [3.8, 4) is 0 Å². The Morgan fingerprint density at radius 2 is 2.00 bits per heavy atom. The molecule has 1 aromatic carbocycles. The number of carbonyl (C=O) groups is 1. The highest BCUT2D eigenvalue weighted by Crippen LogP contribution is 2.22. The molecule has 2 aromatic rings. The third-order valence-corrected chi connectivity index (χ3v) is 3.83. The van der Waals surface area contributed by atoms with Crippen molar-refractivity contribution in [1.29, 1.82) is 0 Å². The maximum Gasteiger partial charge on any atom is 0.260 e. The quantitative estimate of drug-likeness (QED) is 0.878. The average molecular weight is 322 g/mol. The molecular formula is C15H16BrNO2. The third-order valence-electron chi connectivity index (χ3n) is 3.21. The molecule has 19 heavy (non-hydrogen) atoms. The lowest BCUT2D eigenvalue weighted by Gasteiger charge is -2.10. The SMILES string of the molecule is CCC(C)c1ccc(NC(=O)c2ccoc2Br)cc1. The number of anilines is 1. The Bertz CT molecular complexity index is 560. The summed E-state index contributed by atoms with van der Waals surface area (Å²) in [6, 6.07) is 9.58. The minimum absolute atomic E-state index is 0.183. The molecule has 1 aromatic heterocycles. The van der Waals surface area contributed by atoms with Gasteiger partial charge in [0.1, 0.15) is 0 Å². The van der Waals surface area contributed by atoms with E-state index in [1.165, 1.54) is 11.8 Å². The van der Waals surface area contributed by atoms with Crippen molar-refractivity contribution in [2.75, 3.05) is 5.32 Å². The second kappa shape index (κ2) is 6.06. The molecule has 1 amide bonds. The Hall–Kier alpha value is -1.55. The lowest BCUT2D eigenvalue weighted by molar-refractivity contribution is 0.102. The summed E-state index contributed by atoms with van der Waals surface area (Å²) >= 11 is 3.19. The maximum absolute atomic E-state index is 12.0. The van der Waals surface area contributed by atoms with Crippen molar-refractivity contribution in [3.05, 3.63) is 52.4 Å². The van der Waals surface area contributed by atoms with Crippen LogP contribution in [0.5, 0.6) is 0 Å². The summed E-state index contributed by atoms with van der Waals surface area (Å²) in [5.74, 6) is 0.352.